The number of carboxylic acid groups (broad SMARTS) is 1. The van der Waals surface area contributed by atoms with E-state index in [1.165, 1.54) is 0 Å². The predicted molar refractivity (Wildman–Crippen MR) is 79.6 cm³/mol. The molecule has 0 radical (unpaired) electrons. The first kappa shape index (κ1) is 14.6. The molecule has 0 unspecified atom stereocenters. The van der Waals surface area contributed by atoms with E-state index >= 15 is 0 Å². The van der Waals surface area contributed by atoms with Crippen molar-refractivity contribution >= 4 is 11.8 Å². The van der Waals surface area contributed by atoms with Crippen LogP contribution >= 0.6 is 0 Å². The van der Waals surface area contributed by atoms with E-state index in [-0.39, 0.29) is 0 Å². The SMILES string of the molecule is C=CC[C@H](NC(=O)O)c1cccc(-c2c(N)cnn2C)n1. The third-order valence-electron chi connectivity index (χ3n) is 3.04. The van der Waals surface area contributed by atoms with Crippen LogP contribution in [0.3, 0.4) is 0 Å². The fourth-order valence-corrected chi connectivity index (χ4v) is 2.11. The number of anilines is 1. The second kappa shape index (κ2) is 6.08. The average Bonchev–Trinajstić information content (AvgIpc) is 2.77. The van der Waals surface area contributed by atoms with Crippen molar-refractivity contribution in [1.29, 1.82) is 0 Å². The van der Waals surface area contributed by atoms with E-state index in [4.69, 9.17) is 10.8 Å². The van der Waals surface area contributed by atoms with Crippen molar-refractivity contribution in [3.63, 3.8) is 0 Å². The molecule has 110 valence electrons. The highest BCUT2D eigenvalue weighted by atomic mass is 16.4. The van der Waals surface area contributed by atoms with Gasteiger partial charge in [0.1, 0.15) is 5.69 Å². The highest BCUT2D eigenvalue weighted by molar-refractivity contribution is 5.69. The van der Waals surface area contributed by atoms with Gasteiger partial charge in [0.25, 0.3) is 0 Å². The zero-order valence-electron chi connectivity index (χ0n) is 11.7. The average molecular weight is 287 g/mol. The maximum Gasteiger partial charge on any atom is 0.405 e. The van der Waals surface area contributed by atoms with Gasteiger partial charge in [-0.3, -0.25) is 4.68 Å². The summed E-state index contributed by atoms with van der Waals surface area (Å²) < 4.78 is 1.63. The van der Waals surface area contributed by atoms with Crippen LogP contribution in [0.15, 0.2) is 37.1 Å². The molecule has 0 aliphatic rings. The lowest BCUT2D eigenvalue weighted by molar-refractivity contribution is 0.189. The number of nitrogens with zero attached hydrogens (tertiary/aromatic N) is 3. The topological polar surface area (TPSA) is 106 Å². The number of aryl methyl sites for hydroxylation is 1. The molecular formula is C14H17N5O2. The van der Waals surface area contributed by atoms with E-state index in [1.807, 2.05) is 12.1 Å². The Morgan fingerprint density at radius 3 is 2.95 bits per heavy atom. The quantitative estimate of drug-likeness (QED) is 0.729. The lowest BCUT2D eigenvalue weighted by Crippen LogP contribution is -2.27. The van der Waals surface area contributed by atoms with E-state index in [0.717, 1.165) is 0 Å². The van der Waals surface area contributed by atoms with Crippen molar-refractivity contribution in [2.75, 3.05) is 5.73 Å². The molecule has 4 N–H and O–H groups in total. The van der Waals surface area contributed by atoms with E-state index in [9.17, 15) is 4.79 Å². The van der Waals surface area contributed by atoms with Crippen LogP contribution in [0.25, 0.3) is 11.4 Å². The zero-order chi connectivity index (χ0) is 15.4. The van der Waals surface area contributed by atoms with Gasteiger partial charge in [0.05, 0.1) is 29.3 Å². The molecule has 21 heavy (non-hydrogen) atoms. The van der Waals surface area contributed by atoms with Crippen LogP contribution in [0.2, 0.25) is 0 Å². The summed E-state index contributed by atoms with van der Waals surface area (Å²) in [6, 6.07) is 4.93. The molecule has 0 spiro atoms. The van der Waals surface area contributed by atoms with Gasteiger partial charge >= 0.3 is 6.09 Å². The maximum absolute atomic E-state index is 10.9. The molecule has 2 aromatic heterocycles. The lowest BCUT2D eigenvalue weighted by atomic mass is 10.1. The third kappa shape index (κ3) is 3.19. The van der Waals surface area contributed by atoms with Crippen molar-refractivity contribution in [2.24, 2.45) is 7.05 Å². The highest BCUT2D eigenvalue weighted by Gasteiger charge is 2.16. The lowest BCUT2D eigenvalue weighted by Gasteiger charge is -2.15. The van der Waals surface area contributed by atoms with Gasteiger partial charge in [-0.1, -0.05) is 12.1 Å². The van der Waals surface area contributed by atoms with Crippen LogP contribution in [-0.4, -0.2) is 26.0 Å². The fourth-order valence-electron chi connectivity index (χ4n) is 2.11. The number of nitrogens with two attached hydrogens (primary N) is 1. The summed E-state index contributed by atoms with van der Waals surface area (Å²) in [4.78, 5) is 15.4. The molecule has 0 fully saturated rings. The summed E-state index contributed by atoms with van der Waals surface area (Å²) in [6.45, 7) is 3.64. The first-order valence-electron chi connectivity index (χ1n) is 6.38. The molecule has 7 nitrogen and oxygen atoms in total. The summed E-state index contributed by atoms with van der Waals surface area (Å²) in [7, 11) is 1.77. The molecule has 7 heteroatoms. The van der Waals surface area contributed by atoms with Gasteiger partial charge < -0.3 is 16.2 Å². The van der Waals surface area contributed by atoms with Crippen LogP contribution < -0.4 is 11.1 Å². The van der Waals surface area contributed by atoms with Crippen molar-refractivity contribution in [3.8, 4) is 11.4 Å². The number of aromatic nitrogens is 3. The largest absolute Gasteiger partial charge is 0.465 e. The summed E-state index contributed by atoms with van der Waals surface area (Å²) in [5.41, 5.74) is 8.36. The van der Waals surface area contributed by atoms with Crippen LogP contribution in [0.1, 0.15) is 18.2 Å². The number of rotatable bonds is 5. The molecular weight excluding hydrogens is 270 g/mol. The molecule has 0 aliphatic carbocycles. The van der Waals surface area contributed by atoms with Gasteiger partial charge in [-0.05, 0) is 18.6 Å². The predicted octanol–water partition coefficient (Wildman–Crippen LogP) is 1.95. The molecule has 0 saturated carbocycles. The van der Waals surface area contributed by atoms with Crippen molar-refractivity contribution in [2.45, 2.75) is 12.5 Å². The van der Waals surface area contributed by atoms with Crippen molar-refractivity contribution < 1.29 is 9.90 Å². The summed E-state index contributed by atoms with van der Waals surface area (Å²) >= 11 is 0. The number of pyridine rings is 1. The number of carbonyl (C=O) groups is 1. The number of hydrogen-bond acceptors (Lipinski definition) is 4. The van der Waals surface area contributed by atoms with Crippen LogP contribution in [0, 0.1) is 0 Å². The fraction of sp³-hybridized carbons (Fsp3) is 0.214. The van der Waals surface area contributed by atoms with Gasteiger partial charge in [-0.2, -0.15) is 5.10 Å². The molecule has 1 amide bonds. The molecule has 0 bridgehead atoms. The standard InChI is InChI=1S/C14H17N5O2/c1-3-5-10(18-14(20)21)11-6-4-7-12(17-11)13-9(15)8-16-19(13)2/h3-4,6-8,10,18H,1,5,15H2,2H3,(H,20,21)/t10-/m0/s1. The Morgan fingerprint density at radius 2 is 2.38 bits per heavy atom. The number of nitrogen functional groups attached to an aromatic ring is 1. The zero-order valence-corrected chi connectivity index (χ0v) is 11.7. The highest BCUT2D eigenvalue weighted by Crippen LogP contribution is 2.25. The van der Waals surface area contributed by atoms with Gasteiger partial charge in [0, 0.05) is 7.05 Å². The Hall–Kier alpha value is -2.83. The summed E-state index contributed by atoms with van der Waals surface area (Å²) in [5, 5.41) is 15.4. The number of nitrogens with one attached hydrogen (secondary N) is 1. The number of amides is 1. The van der Waals surface area contributed by atoms with Crippen molar-refractivity contribution in [1.82, 2.24) is 20.1 Å². The molecule has 1 atom stereocenters. The Bertz CT molecular complexity index is 646. The second-order valence-electron chi connectivity index (χ2n) is 4.55. The molecule has 2 aromatic rings. The minimum Gasteiger partial charge on any atom is -0.465 e. The minimum atomic E-state index is -1.10. The molecule has 2 heterocycles. The molecule has 0 aromatic carbocycles. The van der Waals surface area contributed by atoms with Gasteiger partial charge in [0.15, 0.2) is 0 Å². The smallest absolute Gasteiger partial charge is 0.405 e. The van der Waals surface area contributed by atoms with Crippen molar-refractivity contribution in [3.05, 3.63) is 42.7 Å². The first-order valence-corrected chi connectivity index (χ1v) is 6.38. The Morgan fingerprint density at radius 1 is 1.62 bits per heavy atom. The van der Waals surface area contributed by atoms with E-state index in [1.54, 1.807) is 30.1 Å². The Kier molecular flexibility index (Phi) is 4.22. The van der Waals surface area contributed by atoms with E-state index in [2.05, 4.69) is 22.0 Å². The van der Waals surface area contributed by atoms with Crippen LogP contribution in [-0.2, 0) is 7.05 Å². The summed E-state index contributed by atoms with van der Waals surface area (Å²) in [6.07, 6.45) is 2.55. The monoisotopic (exact) mass is 287 g/mol. The minimum absolute atomic E-state index is 0.448. The first-order chi connectivity index (χ1) is 10.0. The molecule has 0 aliphatic heterocycles. The van der Waals surface area contributed by atoms with E-state index < -0.39 is 12.1 Å². The number of hydrogen-bond donors (Lipinski definition) is 3. The molecule has 0 saturated heterocycles. The van der Waals surface area contributed by atoms with Gasteiger partial charge in [0.2, 0.25) is 0 Å². The molecule has 2 rings (SSSR count). The Labute approximate surface area is 122 Å². The third-order valence-corrected chi connectivity index (χ3v) is 3.04. The van der Waals surface area contributed by atoms with Crippen LogP contribution in [0.5, 0.6) is 0 Å². The van der Waals surface area contributed by atoms with Gasteiger partial charge in [-0.15, -0.1) is 6.58 Å². The normalized spacial score (nSPS) is 11.9. The van der Waals surface area contributed by atoms with Gasteiger partial charge in [-0.25, -0.2) is 9.78 Å². The maximum atomic E-state index is 10.9. The second-order valence-corrected chi connectivity index (χ2v) is 4.55. The van der Waals surface area contributed by atoms with E-state index in [0.29, 0.717) is 29.2 Å². The summed E-state index contributed by atoms with van der Waals surface area (Å²) in [5.74, 6) is 0. The Balaban J connectivity index is 2.40. The van der Waals surface area contributed by atoms with Crippen LogP contribution in [0.4, 0.5) is 10.5 Å².